The quantitative estimate of drug-likeness (QED) is 0.674. The van der Waals surface area contributed by atoms with Crippen molar-refractivity contribution in [1.29, 1.82) is 0 Å². The van der Waals surface area contributed by atoms with Gasteiger partial charge >= 0.3 is 0 Å². The van der Waals surface area contributed by atoms with Crippen molar-refractivity contribution in [1.82, 2.24) is 9.88 Å². The van der Waals surface area contributed by atoms with Crippen molar-refractivity contribution in [2.24, 2.45) is 0 Å². The Balaban J connectivity index is 3.11. The Kier molecular flexibility index (Phi) is 3.57. The van der Waals surface area contributed by atoms with Gasteiger partial charge in [0.1, 0.15) is 0 Å². The van der Waals surface area contributed by atoms with Gasteiger partial charge in [0, 0.05) is 32.2 Å². The zero-order valence-corrected chi connectivity index (χ0v) is 9.02. The number of pyridine rings is 1. The van der Waals surface area contributed by atoms with Gasteiger partial charge in [-0.3, -0.25) is 9.88 Å². The molecule has 0 fully saturated rings. The van der Waals surface area contributed by atoms with E-state index in [4.69, 9.17) is 9.47 Å². The van der Waals surface area contributed by atoms with Gasteiger partial charge in [-0.2, -0.15) is 0 Å². The van der Waals surface area contributed by atoms with Crippen LogP contribution in [0.2, 0.25) is 0 Å². The molecule has 0 N–H and O–H groups in total. The highest BCUT2D eigenvalue weighted by atomic mass is 16.7. The molecular weight excluding hydrogens is 180 g/mol. The van der Waals surface area contributed by atoms with Crippen molar-refractivity contribution in [3.8, 4) is 0 Å². The number of hydrogen-bond acceptors (Lipinski definition) is 4. The van der Waals surface area contributed by atoms with Crippen LogP contribution in [0.1, 0.15) is 5.56 Å². The van der Waals surface area contributed by atoms with Gasteiger partial charge in [-0.05, 0) is 26.2 Å². The lowest BCUT2D eigenvalue weighted by Crippen LogP contribution is -2.44. The van der Waals surface area contributed by atoms with Gasteiger partial charge in [-0.25, -0.2) is 0 Å². The Bertz CT molecular complexity index is 271. The molecule has 0 bridgehead atoms. The van der Waals surface area contributed by atoms with Gasteiger partial charge in [0.2, 0.25) is 0 Å². The number of aromatic nitrogens is 1. The molecule has 0 aromatic carbocycles. The third-order valence-electron chi connectivity index (χ3n) is 2.17. The summed E-state index contributed by atoms with van der Waals surface area (Å²) in [5.41, 5.74) is 0.870. The Morgan fingerprint density at radius 1 is 1.29 bits per heavy atom. The van der Waals surface area contributed by atoms with E-state index in [0.29, 0.717) is 0 Å². The normalized spacial score (nSPS) is 12.1. The van der Waals surface area contributed by atoms with Crippen LogP contribution >= 0.6 is 0 Å². The first-order valence-electron chi connectivity index (χ1n) is 4.35. The predicted octanol–water partition coefficient (Wildman–Crippen LogP) is 1.05. The van der Waals surface area contributed by atoms with Gasteiger partial charge in [0.05, 0.1) is 0 Å². The molecule has 0 spiro atoms. The minimum absolute atomic E-state index is 0.853. The molecule has 78 valence electrons. The molecule has 1 heterocycles. The molecular formula is C10H16N2O2. The minimum Gasteiger partial charge on any atom is -0.337 e. The lowest BCUT2D eigenvalue weighted by Gasteiger charge is -2.36. The SMILES string of the molecule is COC(OC)(c1cccnc1)N(C)C. The highest BCUT2D eigenvalue weighted by molar-refractivity contribution is 5.14. The number of methoxy groups -OCH3 is 2. The summed E-state index contributed by atoms with van der Waals surface area (Å²) in [4.78, 5) is 5.89. The molecule has 0 radical (unpaired) electrons. The van der Waals surface area contributed by atoms with E-state index >= 15 is 0 Å². The van der Waals surface area contributed by atoms with Crippen molar-refractivity contribution >= 4 is 0 Å². The second-order valence-corrected chi connectivity index (χ2v) is 3.13. The summed E-state index contributed by atoms with van der Waals surface area (Å²) in [6, 6.07) is 3.77. The van der Waals surface area contributed by atoms with Crippen LogP contribution in [0.15, 0.2) is 24.5 Å². The Morgan fingerprint density at radius 2 is 1.93 bits per heavy atom. The maximum atomic E-state index is 5.40. The second-order valence-electron chi connectivity index (χ2n) is 3.13. The van der Waals surface area contributed by atoms with E-state index in [1.54, 1.807) is 26.6 Å². The lowest BCUT2D eigenvalue weighted by atomic mass is 10.2. The molecule has 1 rings (SSSR count). The standard InChI is InChI=1S/C10H16N2O2/c1-12(2)10(13-3,14-4)9-6-5-7-11-8-9/h5-8H,1-4H3. The van der Waals surface area contributed by atoms with Gasteiger partial charge in [0.15, 0.2) is 0 Å². The van der Waals surface area contributed by atoms with Crippen LogP contribution in [0.25, 0.3) is 0 Å². The number of rotatable bonds is 4. The molecule has 1 aromatic heterocycles. The van der Waals surface area contributed by atoms with E-state index < -0.39 is 5.91 Å². The maximum Gasteiger partial charge on any atom is 0.258 e. The summed E-state index contributed by atoms with van der Waals surface area (Å²) in [6.07, 6.45) is 3.45. The highest BCUT2D eigenvalue weighted by Gasteiger charge is 2.35. The molecule has 0 amide bonds. The molecule has 0 saturated carbocycles. The highest BCUT2D eigenvalue weighted by Crippen LogP contribution is 2.26. The van der Waals surface area contributed by atoms with Crippen LogP contribution < -0.4 is 0 Å². The summed E-state index contributed by atoms with van der Waals surface area (Å²) < 4.78 is 10.8. The molecule has 0 saturated heterocycles. The molecule has 4 heteroatoms. The molecule has 0 aliphatic heterocycles. The van der Waals surface area contributed by atoms with Gasteiger partial charge < -0.3 is 9.47 Å². The average Bonchev–Trinajstić information content (AvgIpc) is 2.22. The van der Waals surface area contributed by atoms with Crippen LogP contribution in [0.5, 0.6) is 0 Å². The van der Waals surface area contributed by atoms with E-state index in [0.717, 1.165) is 5.56 Å². The zero-order chi connectivity index (χ0) is 10.6. The molecule has 4 nitrogen and oxygen atoms in total. The monoisotopic (exact) mass is 196 g/mol. The fourth-order valence-electron chi connectivity index (χ4n) is 1.49. The molecule has 0 aliphatic carbocycles. The Morgan fingerprint density at radius 3 is 2.29 bits per heavy atom. The summed E-state index contributed by atoms with van der Waals surface area (Å²) in [5.74, 6) is -0.853. The second kappa shape index (κ2) is 4.50. The summed E-state index contributed by atoms with van der Waals surface area (Å²) in [6.45, 7) is 0. The average molecular weight is 196 g/mol. The van der Waals surface area contributed by atoms with Crippen LogP contribution in [0.3, 0.4) is 0 Å². The third kappa shape index (κ3) is 1.77. The summed E-state index contributed by atoms with van der Waals surface area (Å²) in [5, 5.41) is 0. The largest absolute Gasteiger partial charge is 0.337 e. The van der Waals surface area contributed by atoms with Crippen molar-refractivity contribution in [3.63, 3.8) is 0 Å². The summed E-state index contributed by atoms with van der Waals surface area (Å²) in [7, 11) is 6.99. The van der Waals surface area contributed by atoms with Gasteiger partial charge in [0.25, 0.3) is 5.91 Å². The van der Waals surface area contributed by atoms with Crippen LogP contribution in [0.4, 0.5) is 0 Å². The van der Waals surface area contributed by atoms with Crippen molar-refractivity contribution in [2.75, 3.05) is 28.3 Å². The number of hydrogen-bond donors (Lipinski definition) is 0. The molecule has 0 unspecified atom stereocenters. The first-order valence-corrected chi connectivity index (χ1v) is 4.35. The topological polar surface area (TPSA) is 34.6 Å². The Labute approximate surface area is 84.5 Å². The van der Waals surface area contributed by atoms with Crippen LogP contribution in [-0.4, -0.2) is 38.2 Å². The smallest absolute Gasteiger partial charge is 0.258 e. The van der Waals surface area contributed by atoms with Crippen LogP contribution in [0, 0.1) is 0 Å². The Hall–Kier alpha value is -0.970. The van der Waals surface area contributed by atoms with Gasteiger partial charge in [-0.1, -0.05) is 0 Å². The number of ether oxygens (including phenoxy) is 2. The minimum atomic E-state index is -0.853. The van der Waals surface area contributed by atoms with E-state index in [1.165, 1.54) is 0 Å². The third-order valence-corrected chi connectivity index (χ3v) is 2.17. The van der Waals surface area contributed by atoms with Crippen molar-refractivity contribution < 1.29 is 9.47 Å². The zero-order valence-electron chi connectivity index (χ0n) is 9.02. The van der Waals surface area contributed by atoms with E-state index in [2.05, 4.69) is 4.98 Å². The van der Waals surface area contributed by atoms with E-state index in [1.807, 2.05) is 31.1 Å². The predicted molar refractivity (Wildman–Crippen MR) is 53.6 cm³/mol. The molecule has 0 aliphatic rings. The number of nitrogens with zero attached hydrogens (tertiary/aromatic N) is 2. The van der Waals surface area contributed by atoms with Crippen LogP contribution in [-0.2, 0) is 15.4 Å². The molecule has 0 atom stereocenters. The lowest BCUT2D eigenvalue weighted by molar-refractivity contribution is -0.294. The van der Waals surface area contributed by atoms with Crippen molar-refractivity contribution in [3.05, 3.63) is 30.1 Å². The van der Waals surface area contributed by atoms with E-state index in [-0.39, 0.29) is 0 Å². The fraction of sp³-hybridized carbons (Fsp3) is 0.500. The molecule has 1 aromatic rings. The van der Waals surface area contributed by atoms with E-state index in [9.17, 15) is 0 Å². The summed E-state index contributed by atoms with van der Waals surface area (Å²) >= 11 is 0. The first-order chi connectivity index (χ1) is 6.67. The van der Waals surface area contributed by atoms with Crippen molar-refractivity contribution in [2.45, 2.75) is 5.91 Å². The molecule has 14 heavy (non-hydrogen) atoms. The maximum absolute atomic E-state index is 5.40. The van der Waals surface area contributed by atoms with Gasteiger partial charge in [-0.15, -0.1) is 0 Å². The fourth-order valence-corrected chi connectivity index (χ4v) is 1.49. The first kappa shape index (κ1) is 11.1.